The van der Waals surface area contributed by atoms with Gasteiger partial charge in [0, 0.05) is 18.6 Å². The SMILES string of the molecule is CCOC(=O)CC1(N2CCOCC2)CCSCC1. The van der Waals surface area contributed by atoms with E-state index in [0.29, 0.717) is 13.0 Å². The number of thioether (sulfide) groups is 1. The number of rotatable bonds is 4. The lowest BCUT2D eigenvalue weighted by molar-refractivity contribution is -0.148. The molecule has 0 atom stereocenters. The Morgan fingerprint density at radius 1 is 1.33 bits per heavy atom. The summed E-state index contributed by atoms with van der Waals surface area (Å²) in [6.07, 6.45) is 2.73. The van der Waals surface area contributed by atoms with Crippen molar-refractivity contribution < 1.29 is 14.3 Å². The Balaban J connectivity index is 2.03. The van der Waals surface area contributed by atoms with Crippen LogP contribution in [0.2, 0.25) is 0 Å². The summed E-state index contributed by atoms with van der Waals surface area (Å²) in [5.41, 5.74) is 0.0291. The minimum absolute atomic E-state index is 0.0291. The molecule has 2 rings (SSSR count). The molecule has 2 fully saturated rings. The van der Waals surface area contributed by atoms with E-state index < -0.39 is 0 Å². The molecule has 0 N–H and O–H groups in total. The predicted molar refractivity (Wildman–Crippen MR) is 72.9 cm³/mol. The largest absolute Gasteiger partial charge is 0.466 e. The monoisotopic (exact) mass is 273 g/mol. The third-order valence-corrected chi connectivity index (χ3v) is 4.87. The van der Waals surface area contributed by atoms with Crippen LogP contribution in [0.1, 0.15) is 26.2 Å². The third-order valence-electron chi connectivity index (χ3n) is 3.88. The predicted octanol–water partition coefficient (Wildman–Crippen LogP) is 1.54. The molecule has 4 nitrogen and oxygen atoms in total. The Morgan fingerprint density at radius 3 is 2.61 bits per heavy atom. The zero-order valence-electron chi connectivity index (χ0n) is 11.2. The molecule has 0 radical (unpaired) electrons. The molecule has 2 aliphatic rings. The van der Waals surface area contributed by atoms with Gasteiger partial charge in [-0.05, 0) is 31.3 Å². The van der Waals surface area contributed by atoms with Crippen molar-refractivity contribution in [3.05, 3.63) is 0 Å². The van der Waals surface area contributed by atoms with Crippen LogP contribution in [-0.4, -0.2) is 60.8 Å². The lowest BCUT2D eigenvalue weighted by Gasteiger charge is -2.47. The first-order valence-corrected chi connectivity index (χ1v) is 7.98. The molecule has 0 bridgehead atoms. The van der Waals surface area contributed by atoms with E-state index in [1.165, 1.54) is 0 Å². The first kappa shape index (κ1) is 14.2. The van der Waals surface area contributed by atoms with Gasteiger partial charge < -0.3 is 9.47 Å². The molecule has 2 aliphatic heterocycles. The highest BCUT2D eigenvalue weighted by Crippen LogP contribution is 2.36. The van der Waals surface area contributed by atoms with Crippen LogP contribution in [0.4, 0.5) is 0 Å². The first-order valence-electron chi connectivity index (χ1n) is 6.83. The highest BCUT2D eigenvalue weighted by atomic mass is 32.2. The van der Waals surface area contributed by atoms with Gasteiger partial charge in [-0.25, -0.2) is 0 Å². The molecular weight excluding hydrogens is 250 g/mol. The maximum absolute atomic E-state index is 11.9. The summed E-state index contributed by atoms with van der Waals surface area (Å²) in [4.78, 5) is 14.3. The van der Waals surface area contributed by atoms with Crippen LogP contribution in [0.3, 0.4) is 0 Å². The minimum Gasteiger partial charge on any atom is -0.466 e. The molecule has 5 heteroatoms. The van der Waals surface area contributed by atoms with Crippen LogP contribution in [0.25, 0.3) is 0 Å². The van der Waals surface area contributed by atoms with Crippen LogP contribution >= 0.6 is 11.8 Å². The molecule has 0 unspecified atom stereocenters. The van der Waals surface area contributed by atoms with Crippen LogP contribution in [0.15, 0.2) is 0 Å². The second-order valence-electron chi connectivity index (χ2n) is 4.92. The Bertz CT molecular complexity index is 273. The van der Waals surface area contributed by atoms with Crippen molar-refractivity contribution >= 4 is 17.7 Å². The van der Waals surface area contributed by atoms with E-state index in [1.54, 1.807) is 0 Å². The summed E-state index contributed by atoms with van der Waals surface area (Å²) in [6.45, 7) is 5.83. The molecule has 0 saturated carbocycles. The van der Waals surface area contributed by atoms with E-state index in [9.17, 15) is 4.79 Å². The van der Waals surface area contributed by atoms with Crippen LogP contribution in [0.5, 0.6) is 0 Å². The summed E-state index contributed by atoms with van der Waals surface area (Å²) in [5, 5.41) is 0. The fraction of sp³-hybridized carbons (Fsp3) is 0.923. The van der Waals surface area contributed by atoms with Gasteiger partial charge in [0.25, 0.3) is 0 Å². The average molecular weight is 273 g/mol. The van der Waals surface area contributed by atoms with Crippen molar-refractivity contribution in [1.29, 1.82) is 0 Å². The van der Waals surface area contributed by atoms with E-state index in [0.717, 1.165) is 50.7 Å². The molecular formula is C13H23NO3S. The van der Waals surface area contributed by atoms with Crippen LogP contribution in [-0.2, 0) is 14.3 Å². The summed E-state index contributed by atoms with van der Waals surface area (Å²) >= 11 is 1.99. The van der Waals surface area contributed by atoms with Crippen molar-refractivity contribution in [3.8, 4) is 0 Å². The number of ether oxygens (including phenoxy) is 2. The second-order valence-corrected chi connectivity index (χ2v) is 6.14. The molecule has 0 aromatic carbocycles. The highest BCUT2D eigenvalue weighted by molar-refractivity contribution is 7.99. The Hall–Kier alpha value is -0.260. The van der Waals surface area contributed by atoms with Crippen LogP contribution in [0, 0.1) is 0 Å². The van der Waals surface area contributed by atoms with Gasteiger partial charge in [-0.2, -0.15) is 11.8 Å². The molecule has 0 spiro atoms. The van der Waals surface area contributed by atoms with Gasteiger partial charge in [-0.1, -0.05) is 0 Å². The fourth-order valence-corrected chi connectivity index (χ4v) is 4.13. The lowest BCUT2D eigenvalue weighted by atomic mass is 9.86. The zero-order valence-corrected chi connectivity index (χ0v) is 12.0. The minimum atomic E-state index is -0.0455. The number of carbonyl (C=O) groups is 1. The summed E-state index contributed by atoms with van der Waals surface area (Å²) in [5.74, 6) is 2.25. The second kappa shape index (κ2) is 6.78. The third kappa shape index (κ3) is 3.39. The number of morpholine rings is 1. The summed E-state index contributed by atoms with van der Waals surface area (Å²) in [6, 6.07) is 0. The smallest absolute Gasteiger partial charge is 0.307 e. The fourth-order valence-electron chi connectivity index (χ4n) is 2.87. The summed E-state index contributed by atoms with van der Waals surface area (Å²) < 4.78 is 10.6. The Kier molecular flexibility index (Phi) is 5.33. The van der Waals surface area contributed by atoms with E-state index in [-0.39, 0.29) is 11.5 Å². The van der Waals surface area contributed by atoms with Crippen molar-refractivity contribution in [2.45, 2.75) is 31.7 Å². The van der Waals surface area contributed by atoms with Gasteiger partial charge in [0.2, 0.25) is 0 Å². The number of hydrogen-bond donors (Lipinski definition) is 0. The van der Waals surface area contributed by atoms with Crippen molar-refractivity contribution in [3.63, 3.8) is 0 Å². The maximum atomic E-state index is 11.9. The standard InChI is InChI=1S/C13H23NO3S/c1-2-17-12(15)11-13(3-9-18-10-4-13)14-5-7-16-8-6-14/h2-11H2,1H3. The molecule has 0 aromatic heterocycles. The molecule has 0 aromatic rings. The number of hydrogen-bond acceptors (Lipinski definition) is 5. The molecule has 2 heterocycles. The lowest BCUT2D eigenvalue weighted by Crippen LogP contribution is -2.56. The van der Waals surface area contributed by atoms with E-state index in [2.05, 4.69) is 4.90 Å². The molecule has 0 aliphatic carbocycles. The van der Waals surface area contributed by atoms with Crippen molar-refractivity contribution in [2.24, 2.45) is 0 Å². The van der Waals surface area contributed by atoms with Crippen molar-refractivity contribution in [1.82, 2.24) is 4.90 Å². The van der Waals surface area contributed by atoms with Gasteiger partial charge >= 0.3 is 5.97 Å². The Labute approximate surface area is 113 Å². The van der Waals surface area contributed by atoms with Gasteiger partial charge in [0.15, 0.2) is 0 Å². The number of carbonyl (C=O) groups excluding carboxylic acids is 1. The Morgan fingerprint density at radius 2 is 2.00 bits per heavy atom. The van der Waals surface area contributed by atoms with E-state index in [1.807, 2.05) is 18.7 Å². The normalized spacial score (nSPS) is 24.7. The summed E-state index contributed by atoms with van der Waals surface area (Å²) in [7, 11) is 0. The molecule has 18 heavy (non-hydrogen) atoms. The van der Waals surface area contributed by atoms with Crippen molar-refractivity contribution in [2.75, 3.05) is 44.4 Å². The number of nitrogens with zero attached hydrogens (tertiary/aromatic N) is 1. The quantitative estimate of drug-likeness (QED) is 0.727. The van der Waals surface area contributed by atoms with Gasteiger partial charge in [0.1, 0.15) is 0 Å². The molecule has 2 saturated heterocycles. The molecule has 0 amide bonds. The average Bonchev–Trinajstić information content (AvgIpc) is 2.41. The van der Waals surface area contributed by atoms with E-state index >= 15 is 0 Å². The maximum Gasteiger partial charge on any atom is 0.307 e. The highest BCUT2D eigenvalue weighted by Gasteiger charge is 2.40. The van der Waals surface area contributed by atoms with Gasteiger partial charge in [0.05, 0.1) is 26.2 Å². The van der Waals surface area contributed by atoms with Gasteiger partial charge in [-0.3, -0.25) is 9.69 Å². The topological polar surface area (TPSA) is 38.8 Å². The zero-order chi connectivity index (χ0) is 12.8. The van der Waals surface area contributed by atoms with Gasteiger partial charge in [-0.15, -0.1) is 0 Å². The van der Waals surface area contributed by atoms with Crippen LogP contribution < -0.4 is 0 Å². The van der Waals surface area contributed by atoms with E-state index in [4.69, 9.17) is 9.47 Å². The molecule has 104 valence electrons. The number of esters is 1. The first-order chi connectivity index (χ1) is 8.77.